The van der Waals surface area contributed by atoms with Crippen molar-refractivity contribution in [3.63, 3.8) is 0 Å². The SMILES string of the molecule is COc1ccc([C@@H](O)C[C@H]2c3c(cc4c(c3OC)OCO4)CC[N+]2(C)C)cc1OC. The number of methoxy groups -OCH3 is 3. The van der Waals surface area contributed by atoms with Gasteiger partial charge < -0.3 is 33.3 Å². The highest BCUT2D eigenvalue weighted by atomic mass is 16.7. The molecule has 162 valence electrons. The van der Waals surface area contributed by atoms with Gasteiger partial charge >= 0.3 is 0 Å². The van der Waals surface area contributed by atoms with E-state index in [4.69, 9.17) is 23.7 Å². The van der Waals surface area contributed by atoms with Crippen LogP contribution < -0.4 is 23.7 Å². The third-order valence-electron chi connectivity index (χ3n) is 6.32. The van der Waals surface area contributed by atoms with Gasteiger partial charge in [-0.3, -0.25) is 0 Å². The lowest BCUT2D eigenvalue weighted by atomic mass is 9.85. The van der Waals surface area contributed by atoms with Gasteiger partial charge in [0.05, 0.1) is 53.6 Å². The number of hydrogen-bond acceptors (Lipinski definition) is 6. The summed E-state index contributed by atoms with van der Waals surface area (Å²) in [4.78, 5) is 0. The van der Waals surface area contributed by atoms with Crippen LogP contribution in [0.15, 0.2) is 24.3 Å². The molecule has 1 N–H and O–H groups in total. The van der Waals surface area contributed by atoms with Crippen molar-refractivity contribution in [2.24, 2.45) is 0 Å². The zero-order valence-corrected chi connectivity index (χ0v) is 18.2. The monoisotopic (exact) mass is 416 g/mol. The predicted molar refractivity (Wildman–Crippen MR) is 112 cm³/mol. The smallest absolute Gasteiger partial charge is 0.231 e. The first-order valence-electron chi connectivity index (χ1n) is 10.1. The van der Waals surface area contributed by atoms with E-state index in [9.17, 15) is 5.11 Å². The summed E-state index contributed by atoms with van der Waals surface area (Å²) in [7, 11) is 9.24. The maximum absolute atomic E-state index is 11.2. The molecule has 2 aromatic rings. The Morgan fingerprint density at radius 2 is 1.83 bits per heavy atom. The first-order valence-corrected chi connectivity index (χ1v) is 10.1. The van der Waals surface area contributed by atoms with Crippen LogP contribution in [-0.4, -0.2) is 58.4 Å². The van der Waals surface area contributed by atoms with Crippen LogP contribution in [0.5, 0.6) is 28.7 Å². The lowest BCUT2D eigenvalue weighted by Gasteiger charge is -2.44. The standard InChI is InChI=1S/C23H30NO6/c1-24(2)9-8-15-11-20-22(30-13-29-20)23(28-5)21(15)16(24)12-17(25)14-6-7-18(26-3)19(10-14)27-4/h6-7,10-11,16-17,25H,8-9,12-13H2,1-5H3/q+1/t16-,17-/m0/s1. The Balaban J connectivity index is 1.72. The first-order chi connectivity index (χ1) is 14.4. The third-order valence-corrected chi connectivity index (χ3v) is 6.32. The molecule has 2 aromatic carbocycles. The van der Waals surface area contributed by atoms with Gasteiger partial charge in [-0.15, -0.1) is 0 Å². The summed E-state index contributed by atoms with van der Waals surface area (Å²) in [6.07, 6.45) is 0.775. The molecule has 2 heterocycles. The van der Waals surface area contributed by atoms with Crippen molar-refractivity contribution in [2.45, 2.75) is 25.0 Å². The van der Waals surface area contributed by atoms with Crippen LogP contribution in [0.1, 0.15) is 35.3 Å². The molecular weight excluding hydrogens is 386 g/mol. The summed E-state index contributed by atoms with van der Waals surface area (Å²) in [6.45, 7) is 1.16. The number of aliphatic hydroxyl groups excluding tert-OH is 1. The fraction of sp³-hybridized carbons (Fsp3) is 0.478. The molecule has 0 amide bonds. The van der Waals surface area contributed by atoms with E-state index in [1.54, 1.807) is 21.3 Å². The minimum Gasteiger partial charge on any atom is -0.493 e. The lowest BCUT2D eigenvalue weighted by molar-refractivity contribution is -0.924. The molecule has 0 saturated carbocycles. The highest BCUT2D eigenvalue weighted by Crippen LogP contribution is 2.52. The quantitative estimate of drug-likeness (QED) is 0.730. The van der Waals surface area contributed by atoms with Gasteiger partial charge in [0.2, 0.25) is 12.5 Å². The summed E-state index contributed by atoms with van der Waals surface area (Å²) in [5, 5.41) is 11.2. The van der Waals surface area contributed by atoms with Crippen molar-refractivity contribution >= 4 is 0 Å². The van der Waals surface area contributed by atoms with Crippen LogP contribution in [-0.2, 0) is 6.42 Å². The second kappa shape index (κ2) is 7.89. The molecular formula is C23H30NO6+. The maximum Gasteiger partial charge on any atom is 0.231 e. The Labute approximate surface area is 177 Å². The van der Waals surface area contributed by atoms with E-state index in [0.29, 0.717) is 23.7 Å². The molecule has 7 nitrogen and oxygen atoms in total. The van der Waals surface area contributed by atoms with Crippen LogP contribution in [0.3, 0.4) is 0 Å². The molecule has 0 unspecified atom stereocenters. The molecule has 4 rings (SSSR count). The van der Waals surface area contributed by atoms with Crippen molar-refractivity contribution in [1.29, 1.82) is 0 Å². The molecule has 0 aliphatic carbocycles. The van der Waals surface area contributed by atoms with Gasteiger partial charge in [-0.2, -0.15) is 0 Å². The molecule has 0 radical (unpaired) electrons. The fourth-order valence-electron chi connectivity index (χ4n) is 4.58. The molecule has 0 fully saturated rings. The topological polar surface area (TPSA) is 66.4 Å². The van der Waals surface area contributed by atoms with Gasteiger partial charge in [0.25, 0.3) is 0 Å². The Morgan fingerprint density at radius 3 is 2.53 bits per heavy atom. The summed E-state index contributed by atoms with van der Waals surface area (Å²) in [6, 6.07) is 7.64. The zero-order chi connectivity index (χ0) is 21.5. The normalized spacial score (nSPS) is 19.7. The highest BCUT2D eigenvalue weighted by Gasteiger charge is 2.42. The summed E-state index contributed by atoms with van der Waals surface area (Å²) < 4.78 is 28.6. The Morgan fingerprint density at radius 1 is 1.07 bits per heavy atom. The van der Waals surface area contributed by atoms with Crippen LogP contribution in [0.4, 0.5) is 0 Å². The van der Waals surface area contributed by atoms with Gasteiger partial charge in [0.1, 0.15) is 6.04 Å². The molecule has 2 atom stereocenters. The molecule has 0 spiro atoms. The van der Waals surface area contributed by atoms with Gasteiger partial charge in [0.15, 0.2) is 23.0 Å². The molecule has 7 heteroatoms. The van der Waals surface area contributed by atoms with Crippen molar-refractivity contribution < 1.29 is 33.3 Å². The van der Waals surface area contributed by atoms with Crippen LogP contribution in [0.2, 0.25) is 0 Å². The number of aliphatic hydroxyl groups is 1. The van der Waals surface area contributed by atoms with Crippen LogP contribution in [0, 0.1) is 0 Å². The number of benzene rings is 2. The van der Waals surface area contributed by atoms with Crippen molar-refractivity contribution in [3.8, 4) is 28.7 Å². The number of nitrogens with zero attached hydrogens (tertiary/aromatic N) is 1. The van der Waals surface area contributed by atoms with Crippen molar-refractivity contribution in [1.82, 2.24) is 0 Å². The number of hydrogen-bond donors (Lipinski definition) is 1. The predicted octanol–water partition coefficient (Wildman–Crippen LogP) is 3.24. The van der Waals surface area contributed by atoms with Gasteiger partial charge in [-0.25, -0.2) is 0 Å². The zero-order valence-electron chi connectivity index (χ0n) is 18.2. The average Bonchev–Trinajstić information content (AvgIpc) is 3.21. The molecule has 2 aliphatic heterocycles. The summed E-state index contributed by atoms with van der Waals surface area (Å²) >= 11 is 0. The van der Waals surface area contributed by atoms with Crippen LogP contribution in [0.25, 0.3) is 0 Å². The summed E-state index contributed by atoms with van der Waals surface area (Å²) in [5.41, 5.74) is 3.08. The second-order valence-corrected chi connectivity index (χ2v) is 8.35. The van der Waals surface area contributed by atoms with E-state index in [0.717, 1.165) is 40.1 Å². The van der Waals surface area contributed by atoms with E-state index >= 15 is 0 Å². The van der Waals surface area contributed by atoms with Gasteiger partial charge in [-0.1, -0.05) is 6.07 Å². The molecule has 0 saturated heterocycles. The number of fused-ring (bicyclic) bond motifs is 2. The minimum absolute atomic E-state index is 0.0290. The molecule has 0 aromatic heterocycles. The molecule has 30 heavy (non-hydrogen) atoms. The molecule has 0 bridgehead atoms. The largest absolute Gasteiger partial charge is 0.493 e. The van der Waals surface area contributed by atoms with E-state index in [1.165, 1.54) is 5.56 Å². The number of rotatable bonds is 6. The van der Waals surface area contributed by atoms with Gasteiger partial charge in [0, 0.05) is 12.8 Å². The Kier molecular flexibility index (Phi) is 5.42. The van der Waals surface area contributed by atoms with E-state index < -0.39 is 6.10 Å². The second-order valence-electron chi connectivity index (χ2n) is 8.35. The maximum atomic E-state index is 11.2. The minimum atomic E-state index is -0.673. The molecule has 2 aliphatic rings. The average molecular weight is 416 g/mol. The van der Waals surface area contributed by atoms with Gasteiger partial charge in [-0.05, 0) is 29.3 Å². The third kappa shape index (κ3) is 3.42. The van der Waals surface area contributed by atoms with Crippen molar-refractivity contribution in [2.75, 3.05) is 48.8 Å². The fourth-order valence-corrected chi connectivity index (χ4v) is 4.58. The van der Waals surface area contributed by atoms with E-state index in [1.807, 2.05) is 18.2 Å². The Hall–Kier alpha value is -2.64. The number of quaternary nitrogens is 1. The van der Waals surface area contributed by atoms with E-state index in [-0.39, 0.29) is 12.8 Å². The first kappa shape index (κ1) is 20.6. The summed E-state index contributed by atoms with van der Waals surface area (Å²) in [5.74, 6) is 3.35. The van der Waals surface area contributed by atoms with E-state index in [2.05, 4.69) is 20.2 Å². The number of likely N-dealkylation sites (N-methyl/N-ethyl adjacent to an activating group) is 1. The number of ether oxygens (including phenoxy) is 5. The van der Waals surface area contributed by atoms with Crippen molar-refractivity contribution in [3.05, 3.63) is 41.0 Å². The Bertz CT molecular complexity index is 942. The highest BCUT2D eigenvalue weighted by molar-refractivity contribution is 5.61. The lowest BCUT2D eigenvalue weighted by Crippen LogP contribution is -2.48. The van der Waals surface area contributed by atoms with Crippen LogP contribution >= 0.6 is 0 Å².